The van der Waals surface area contributed by atoms with Crippen molar-refractivity contribution in [2.75, 3.05) is 0 Å². The standard InChI is InChI=1S/C9H15N5S/c1-9(2,3)6(10)4-7-13-14-5-11-12-8(14)15-7/h5-6H,4,10H2,1-3H3. The number of aromatic nitrogens is 4. The lowest BCUT2D eigenvalue weighted by Gasteiger charge is -2.25. The van der Waals surface area contributed by atoms with Crippen molar-refractivity contribution < 1.29 is 0 Å². The summed E-state index contributed by atoms with van der Waals surface area (Å²) >= 11 is 1.55. The largest absolute Gasteiger partial charge is 0.327 e. The van der Waals surface area contributed by atoms with Crippen LogP contribution < -0.4 is 5.73 Å². The molecule has 5 nitrogen and oxygen atoms in total. The Balaban J connectivity index is 2.16. The topological polar surface area (TPSA) is 69.1 Å². The Morgan fingerprint density at radius 2 is 2.27 bits per heavy atom. The summed E-state index contributed by atoms with van der Waals surface area (Å²) < 4.78 is 1.69. The summed E-state index contributed by atoms with van der Waals surface area (Å²) in [4.78, 5) is 0.825. The molecular weight excluding hydrogens is 210 g/mol. The summed E-state index contributed by atoms with van der Waals surface area (Å²) in [5.74, 6) is 0. The third kappa shape index (κ3) is 2.15. The SMILES string of the molecule is CC(C)(C)C(N)Cc1nn2cnnc2s1. The fourth-order valence-corrected chi connectivity index (χ4v) is 2.05. The van der Waals surface area contributed by atoms with Gasteiger partial charge < -0.3 is 5.73 Å². The van der Waals surface area contributed by atoms with E-state index in [0.29, 0.717) is 0 Å². The second-order valence-electron chi connectivity index (χ2n) is 4.73. The average molecular weight is 225 g/mol. The number of hydrogen-bond donors (Lipinski definition) is 1. The van der Waals surface area contributed by atoms with E-state index in [-0.39, 0.29) is 11.5 Å². The fourth-order valence-electron chi connectivity index (χ4n) is 1.18. The molecule has 0 radical (unpaired) electrons. The molecule has 2 heterocycles. The smallest absolute Gasteiger partial charge is 0.234 e. The molecule has 0 aliphatic carbocycles. The van der Waals surface area contributed by atoms with Gasteiger partial charge in [-0.15, -0.1) is 10.2 Å². The highest BCUT2D eigenvalue weighted by Gasteiger charge is 2.22. The zero-order valence-corrected chi connectivity index (χ0v) is 9.95. The van der Waals surface area contributed by atoms with Gasteiger partial charge in [-0.05, 0) is 5.41 Å². The van der Waals surface area contributed by atoms with Crippen LogP contribution in [0.5, 0.6) is 0 Å². The lowest BCUT2D eigenvalue weighted by atomic mass is 9.86. The van der Waals surface area contributed by atoms with Gasteiger partial charge in [0.25, 0.3) is 0 Å². The van der Waals surface area contributed by atoms with Crippen LogP contribution in [0.4, 0.5) is 0 Å². The Labute approximate surface area is 92.3 Å². The summed E-state index contributed by atoms with van der Waals surface area (Å²) in [5.41, 5.74) is 6.20. The first kappa shape index (κ1) is 10.5. The lowest BCUT2D eigenvalue weighted by molar-refractivity contribution is 0.318. The van der Waals surface area contributed by atoms with Gasteiger partial charge in [0.1, 0.15) is 11.3 Å². The second-order valence-corrected chi connectivity index (χ2v) is 5.77. The molecule has 6 heteroatoms. The van der Waals surface area contributed by atoms with E-state index < -0.39 is 0 Å². The summed E-state index contributed by atoms with van der Waals surface area (Å²) in [6, 6.07) is 0.112. The van der Waals surface area contributed by atoms with Crippen molar-refractivity contribution in [2.24, 2.45) is 11.1 Å². The minimum Gasteiger partial charge on any atom is -0.327 e. The van der Waals surface area contributed by atoms with Gasteiger partial charge in [-0.1, -0.05) is 32.1 Å². The van der Waals surface area contributed by atoms with Crippen LogP contribution in [0.3, 0.4) is 0 Å². The van der Waals surface area contributed by atoms with Crippen molar-refractivity contribution in [3.05, 3.63) is 11.3 Å². The van der Waals surface area contributed by atoms with Gasteiger partial charge in [-0.25, -0.2) is 0 Å². The van der Waals surface area contributed by atoms with Crippen molar-refractivity contribution >= 4 is 16.3 Å². The maximum absolute atomic E-state index is 6.09. The third-order valence-corrected chi connectivity index (χ3v) is 3.37. The Bertz CT molecular complexity index is 424. The van der Waals surface area contributed by atoms with E-state index in [0.717, 1.165) is 16.4 Å². The lowest BCUT2D eigenvalue weighted by Crippen LogP contribution is -2.36. The van der Waals surface area contributed by atoms with Crippen LogP contribution in [0, 0.1) is 5.41 Å². The fraction of sp³-hybridized carbons (Fsp3) is 0.667. The zero-order chi connectivity index (χ0) is 11.1. The molecule has 1 unspecified atom stereocenters. The van der Waals surface area contributed by atoms with E-state index in [1.807, 2.05) is 0 Å². The number of nitrogens with two attached hydrogens (primary N) is 1. The molecule has 82 valence electrons. The molecule has 0 aliphatic heterocycles. The van der Waals surface area contributed by atoms with E-state index in [9.17, 15) is 0 Å². The first-order chi connectivity index (χ1) is 6.97. The van der Waals surface area contributed by atoms with Crippen LogP contribution in [0.1, 0.15) is 25.8 Å². The van der Waals surface area contributed by atoms with Crippen molar-refractivity contribution in [1.29, 1.82) is 0 Å². The normalized spacial score (nSPS) is 14.7. The molecule has 0 fully saturated rings. The predicted molar refractivity (Wildman–Crippen MR) is 59.8 cm³/mol. The molecule has 0 bridgehead atoms. The van der Waals surface area contributed by atoms with Gasteiger partial charge in [0.05, 0.1) is 0 Å². The number of hydrogen-bond acceptors (Lipinski definition) is 5. The van der Waals surface area contributed by atoms with E-state index in [1.165, 1.54) is 0 Å². The van der Waals surface area contributed by atoms with Crippen LogP contribution in [0.25, 0.3) is 4.96 Å². The molecule has 15 heavy (non-hydrogen) atoms. The maximum Gasteiger partial charge on any atom is 0.234 e. The van der Waals surface area contributed by atoms with Crippen molar-refractivity contribution in [3.63, 3.8) is 0 Å². The van der Waals surface area contributed by atoms with Crippen LogP contribution in [0.15, 0.2) is 6.33 Å². The summed E-state index contributed by atoms with van der Waals surface area (Å²) in [6.45, 7) is 6.41. The monoisotopic (exact) mass is 225 g/mol. The molecule has 0 saturated heterocycles. The molecule has 2 N–H and O–H groups in total. The predicted octanol–water partition coefficient (Wildman–Crippen LogP) is 1.10. The molecule has 0 spiro atoms. The molecule has 1 atom stereocenters. The van der Waals surface area contributed by atoms with E-state index in [4.69, 9.17) is 5.73 Å². The van der Waals surface area contributed by atoms with E-state index in [1.54, 1.807) is 22.2 Å². The van der Waals surface area contributed by atoms with Crippen molar-refractivity contribution in [2.45, 2.75) is 33.2 Å². The first-order valence-electron chi connectivity index (χ1n) is 4.88. The van der Waals surface area contributed by atoms with Gasteiger partial charge >= 0.3 is 0 Å². The minimum atomic E-state index is 0.103. The Kier molecular flexibility index (Phi) is 2.47. The molecule has 0 amide bonds. The molecule has 0 aliphatic rings. The first-order valence-corrected chi connectivity index (χ1v) is 5.70. The van der Waals surface area contributed by atoms with Crippen molar-refractivity contribution in [1.82, 2.24) is 19.8 Å². The van der Waals surface area contributed by atoms with Gasteiger partial charge in [0.15, 0.2) is 0 Å². The number of fused-ring (bicyclic) bond motifs is 1. The van der Waals surface area contributed by atoms with Gasteiger partial charge in [0.2, 0.25) is 4.96 Å². The maximum atomic E-state index is 6.09. The highest BCUT2D eigenvalue weighted by atomic mass is 32.1. The van der Waals surface area contributed by atoms with E-state index >= 15 is 0 Å². The number of rotatable bonds is 2. The van der Waals surface area contributed by atoms with Gasteiger partial charge in [-0.2, -0.15) is 9.61 Å². The molecule has 0 aromatic carbocycles. The van der Waals surface area contributed by atoms with Crippen LogP contribution in [0.2, 0.25) is 0 Å². The third-order valence-electron chi connectivity index (χ3n) is 2.44. The molecule has 2 rings (SSSR count). The Morgan fingerprint density at radius 1 is 1.53 bits per heavy atom. The van der Waals surface area contributed by atoms with Crippen LogP contribution in [-0.2, 0) is 6.42 Å². The number of nitrogens with zero attached hydrogens (tertiary/aromatic N) is 4. The molecular formula is C9H15N5S. The van der Waals surface area contributed by atoms with Crippen LogP contribution in [-0.4, -0.2) is 25.9 Å². The molecule has 0 saturated carbocycles. The van der Waals surface area contributed by atoms with Gasteiger partial charge in [0, 0.05) is 12.5 Å². The summed E-state index contributed by atoms with van der Waals surface area (Å²) in [7, 11) is 0. The summed E-state index contributed by atoms with van der Waals surface area (Å²) in [5, 5.41) is 13.1. The Hall–Kier alpha value is -1.01. The Morgan fingerprint density at radius 3 is 2.87 bits per heavy atom. The van der Waals surface area contributed by atoms with Gasteiger partial charge in [-0.3, -0.25) is 0 Å². The molecule has 2 aromatic heterocycles. The zero-order valence-electron chi connectivity index (χ0n) is 9.14. The highest BCUT2D eigenvalue weighted by molar-refractivity contribution is 7.16. The van der Waals surface area contributed by atoms with Crippen LogP contribution >= 0.6 is 11.3 Å². The quantitative estimate of drug-likeness (QED) is 0.831. The summed E-state index contributed by atoms with van der Waals surface area (Å²) in [6.07, 6.45) is 2.40. The van der Waals surface area contributed by atoms with Crippen molar-refractivity contribution in [3.8, 4) is 0 Å². The highest BCUT2D eigenvalue weighted by Crippen LogP contribution is 2.22. The minimum absolute atomic E-state index is 0.103. The second kappa shape index (κ2) is 3.53. The average Bonchev–Trinajstić information content (AvgIpc) is 2.61. The van der Waals surface area contributed by atoms with E-state index in [2.05, 4.69) is 36.1 Å². The molecule has 2 aromatic rings.